The summed E-state index contributed by atoms with van der Waals surface area (Å²) < 4.78 is 0. The number of halogens is 1. The maximum Gasteiger partial charge on any atom is 0.157 e. The fourth-order valence-corrected chi connectivity index (χ4v) is 1.82. The Balaban J connectivity index is 2.51. The first-order chi connectivity index (χ1) is 8.63. The van der Waals surface area contributed by atoms with Crippen LogP contribution in [0, 0.1) is 11.3 Å². The fourth-order valence-electron chi connectivity index (χ4n) is 1.68. The van der Waals surface area contributed by atoms with Crippen LogP contribution >= 0.6 is 11.6 Å². The van der Waals surface area contributed by atoms with Crippen LogP contribution in [0.3, 0.4) is 0 Å². The summed E-state index contributed by atoms with van der Waals surface area (Å²) in [6, 6.07) is 12.7. The third-order valence-corrected chi connectivity index (χ3v) is 2.79. The molecule has 1 aromatic carbocycles. The van der Waals surface area contributed by atoms with E-state index in [-0.39, 0.29) is 0 Å². The van der Waals surface area contributed by atoms with Gasteiger partial charge in [0, 0.05) is 7.05 Å². The molecule has 0 amide bonds. The molecule has 0 bridgehead atoms. The molecule has 0 fully saturated rings. The summed E-state index contributed by atoms with van der Waals surface area (Å²) in [5, 5.41) is 9.45. The van der Waals surface area contributed by atoms with Gasteiger partial charge in [0.1, 0.15) is 11.2 Å². The molecule has 0 aliphatic rings. The second-order valence-corrected chi connectivity index (χ2v) is 4.12. The van der Waals surface area contributed by atoms with Crippen molar-refractivity contribution in [1.82, 2.24) is 4.98 Å². The molecule has 18 heavy (non-hydrogen) atoms. The molecule has 4 nitrogen and oxygen atoms in total. The summed E-state index contributed by atoms with van der Waals surface area (Å²) in [5.74, 6) is 0.533. The quantitative estimate of drug-likeness (QED) is 0.841. The van der Waals surface area contributed by atoms with Crippen molar-refractivity contribution in [2.75, 3.05) is 17.7 Å². The van der Waals surface area contributed by atoms with Gasteiger partial charge >= 0.3 is 0 Å². The van der Waals surface area contributed by atoms with Crippen molar-refractivity contribution in [3.63, 3.8) is 0 Å². The van der Waals surface area contributed by atoms with E-state index in [2.05, 4.69) is 11.1 Å². The second-order valence-electron chi connectivity index (χ2n) is 3.73. The van der Waals surface area contributed by atoms with E-state index in [9.17, 15) is 0 Å². The summed E-state index contributed by atoms with van der Waals surface area (Å²) >= 11 is 5.86. The van der Waals surface area contributed by atoms with Crippen molar-refractivity contribution in [3.8, 4) is 6.07 Å². The maximum atomic E-state index is 9.08. The van der Waals surface area contributed by atoms with Crippen molar-refractivity contribution >= 4 is 28.8 Å². The number of aromatic nitrogens is 1. The van der Waals surface area contributed by atoms with Gasteiger partial charge in [-0.05, 0) is 24.3 Å². The lowest BCUT2D eigenvalue weighted by atomic mass is 10.2. The number of benzene rings is 1. The van der Waals surface area contributed by atoms with E-state index in [4.69, 9.17) is 22.6 Å². The molecule has 0 saturated carbocycles. The molecule has 1 aromatic heterocycles. The molecule has 0 radical (unpaired) electrons. The number of pyridine rings is 1. The molecule has 0 spiro atoms. The van der Waals surface area contributed by atoms with Crippen molar-refractivity contribution in [2.24, 2.45) is 0 Å². The molecule has 0 aliphatic heterocycles. The third-order valence-electron chi connectivity index (χ3n) is 2.57. The average molecular weight is 259 g/mol. The topological polar surface area (TPSA) is 65.9 Å². The first kappa shape index (κ1) is 12.2. The smallest absolute Gasteiger partial charge is 0.157 e. The Hall–Kier alpha value is -2.25. The number of hydrogen-bond acceptors (Lipinski definition) is 4. The standard InChI is InChI=1S/C13H11ClN4/c1-18(11-5-3-2-4-9(11)8-15)13-10(16)6-7-12(14)17-13/h2-7H,16H2,1H3. The summed E-state index contributed by atoms with van der Waals surface area (Å²) in [5.41, 5.74) is 7.68. The zero-order valence-electron chi connectivity index (χ0n) is 9.76. The average Bonchev–Trinajstić information content (AvgIpc) is 2.40. The molecule has 5 heteroatoms. The molecule has 1 heterocycles. The summed E-state index contributed by atoms with van der Waals surface area (Å²) in [4.78, 5) is 5.93. The van der Waals surface area contributed by atoms with Crippen LogP contribution in [0.25, 0.3) is 0 Å². The van der Waals surface area contributed by atoms with E-state index in [0.29, 0.717) is 22.2 Å². The monoisotopic (exact) mass is 258 g/mol. The SMILES string of the molecule is CN(c1ccccc1C#N)c1nc(Cl)ccc1N. The molecule has 2 aromatic rings. The predicted molar refractivity (Wildman–Crippen MR) is 72.9 cm³/mol. The van der Waals surface area contributed by atoms with Gasteiger partial charge in [-0.1, -0.05) is 23.7 Å². The minimum absolute atomic E-state index is 0.362. The van der Waals surface area contributed by atoms with Crippen molar-refractivity contribution in [3.05, 3.63) is 47.1 Å². The first-order valence-corrected chi connectivity index (χ1v) is 5.66. The van der Waals surface area contributed by atoms with Gasteiger partial charge in [0.15, 0.2) is 5.82 Å². The number of nitrogens with two attached hydrogens (primary N) is 1. The molecule has 90 valence electrons. The van der Waals surface area contributed by atoms with Crippen LogP contribution in [0.1, 0.15) is 5.56 Å². The highest BCUT2D eigenvalue weighted by molar-refractivity contribution is 6.29. The van der Waals surface area contributed by atoms with E-state index >= 15 is 0 Å². The normalized spacial score (nSPS) is 9.83. The van der Waals surface area contributed by atoms with Gasteiger partial charge in [0.05, 0.1) is 16.9 Å². The number of rotatable bonds is 2. The van der Waals surface area contributed by atoms with Crippen LogP contribution in [0.2, 0.25) is 5.15 Å². The fraction of sp³-hybridized carbons (Fsp3) is 0.0769. The van der Waals surface area contributed by atoms with Gasteiger partial charge in [0.25, 0.3) is 0 Å². The van der Waals surface area contributed by atoms with Crippen LogP contribution in [0.5, 0.6) is 0 Å². The Labute approximate surface area is 110 Å². The molecule has 2 rings (SSSR count). The highest BCUT2D eigenvalue weighted by Crippen LogP contribution is 2.30. The van der Waals surface area contributed by atoms with E-state index in [1.165, 1.54) is 0 Å². The number of para-hydroxylation sites is 1. The number of nitriles is 1. The molecule has 0 atom stereocenters. The van der Waals surface area contributed by atoms with Gasteiger partial charge in [-0.3, -0.25) is 0 Å². The number of anilines is 3. The molecular formula is C13H11ClN4. The van der Waals surface area contributed by atoms with Crippen molar-refractivity contribution < 1.29 is 0 Å². The number of hydrogen-bond donors (Lipinski definition) is 1. The van der Waals surface area contributed by atoms with Crippen LogP contribution < -0.4 is 10.6 Å². The van der Waals surface area contributed by atoms with Crippen LogP contribution in [0.4, 0.5) is 17.2 Å². The minimum atomic E-state index is 0.362. The van der Waals surface area contributed by atoms with Gasteiger partial charge in [0.2, 0.25) is 0 Å². The van der Waals surface area contributed by atoms with Gasteiger partial charge < -0.3 is 10.6 Å². The molecular weight excluding hydrogens is 248 g/mol. The van der Waals surface area contributed by atoms with E-state index in [1.807, 2.05) is 18.2 Å². The van der Waals surface area contributed by atoms with Gasteiger partial charge in [-0.25, -0.2) is 4.98 Å². The lowest BCUT2D eigenvalue weighted by molar-refractivity contribution is 1.13. The molecule has 2 N–H and O–H groups in total. The predicted octanol–water partition coefficient (Wildman–Crippen LogP) is 2.96. The van der Waals surface area contributed by atoms with Crippen LogP contribution in [-0.4, -0.2) is 12.0 Å². The molecule has 0 unspecified atom stereocenters. The summed E-state index contributed by atoms with van der Waals surface area (Å²) in [6.07, 6.45) is 0. The largest absolute Gasteiger partial charge is 0.396 e. The molecule has 0 saturated heterocycles. The first-order valence-electron chi connectivity index (χ1n) is 5.28. The zero-order valence-corrected chi connectivity index (χ0v) is 10.5. The van der Waals surface area contributed by atoms with E-state index in [0.717, 1.165) is 5.69 Å². The lowest BCUT2D eigenvalue weighted by Crippen LogP contribution is -2.14. The van der Waals surface area contributed by atoms with Crippen molar-refractivity contribution in [1.29, 1.82) is 5.26 Å². The zero-order chi connectivity index (χ0) is 13.1. The van der Waals surface area contributed by atoms with E-state index < -0.39 is 0 Å². The van der Waals surface area contributed by atoms with Crippen molar-refractivity contribution in [2.45, 2.75) is 0 Å². The van der Waals surface area contributed by atoms with Gasteiger partial charge in [-0.2, -0.15) is 5.26 Å². The highest BCUT2D eigenvalue weighted by atomic mass is 35.5. The third kappa shape index (κ3) is 2.22. The van der Waals surface area contributed by atoms with Crippen LogP contribution in [0.15, 0.2) is 36.4 Å². The number of nitrogens with zero attached hydrogens (tertiary/aromatic N) is 3. The Kier molecular flexibility index (Phi) is 3.35. The Bertz CT molecular complexity index is 619. The van der Waals surface area contributed by atoms with Gasteiger partial charge in [-0.15, -0.1) is 0 Å². The Morgan fingerprint density at radius 3 is 2.72 bits per heavy atom. The maximum absolute atomic E-state index is 9.08. The Morgan fingerprint density at radius 2 is 2.00 bits per heavy atom. The highest BCUT2D eigenvalue weighted by Gasteiger charge is 2.13. The summed E-state index contributed by atoms with van der Waals surface area (Å²) in [6.45, 7) is 0. The van der Waals surface area contributed by atoms with E-state index in [1.54, 1.807) is 30.1 Å². The minimum Gasteiger partial charge on any atom is -0.396 e. The second kappa shape index (κ2) is 4.94. The Morgan fingerprint density at radius 1 is 1.28 bits per heavy atom. The molecule has 0 aliphatic carbocycles. The number of nitrogen functional groups attached to an aromatic ring is 1. The lowest BCUT2D eigenvalue weighted by Gasteiger charge is -2.21. The summed E-state index contributed by atoms with van der Waals surface area (Å²) in [7, 11) is 1.80. The van der Waals surface area contributed by atoms with Crippen LogP contribution in [-0.2, 0) is 0 Å².